The lowest BCUT2D eigenvalue weighted by Crippen LogP contribution is -2.27. The largest absolute Gasteiger partial charge is 0.359 e. The van der Waals surface area contributed by atoms with Gasteiger partial charge in [0, 0.05) is 31.3 Å². The van der Waals surface area contributed by atoms with Crippen LogP contribution in [0.2, 0.25) is 0 Å². The van der Waals surface area contributed by atoms with Crippen molar-refractivity contribution in [1.82, 2.24) is 20.3 Å². The van der Waals surface area contributed by atoms with E-state index in [1.54, 1.807) is 0 Å². The molecule has 4 heteroatoms. The first-order chi connectivity index (χ1) is 8.75. The van der Waals surface area contributed by atoms with Gasteiger partial charge in [-0.3, -0.25) is 0 Å². The summed E-state index contributed by atoms with van der Waals surface area (Å²) in [5.74, 6) is 1.25. The molecule has 0 fully saturated rings. The smallest absolute Gasteiger partial charge is 0.176 e. The number of hydrogen-bond donors (Lipinski definition) is 2. The molecule has 0 aliphatic carbocycles. The molecule has 2 aromatic heterocycles. The molecular formula is C14H18N4. The Morgan fingerprint density at radius 2 is 2.17 bits per heavy atom. The predicted molar refractivity (Wildman–Crippen MR) is 71.3 cm³/mol. The number of nitrogens with zero attached hydrogens (tertiary/aromatic N) is 2. The maximum absolute atomic E-state index is 4.75. The van der Waals surface area contributed by atoms with Crippen molar-refractivity contribution >= 4 is 0 Å². The minimum atomic E-state index is 0.426. The quantitative estimate of drug-likeness (QED) is 0.849. The number of hydrogen-bond acceptors (Lipinski definition) is 3. The molecule has 0 amide bonds. The van der Waals surface area contributed by atoms with Gasteiger partial charge < -0.3 is 10.3 Å². The molecule has 0 saturated carbocycles. The number of aromatic nitrogens is 3. The molecule has 4 nitrogen and oxygen atoms in total. The zero-order valence-electron chi connectivity index (χ0n) is 10.8. The van der Waals surface area contributed by atoms with Gasteiger partial charge in [-0.05, 0) is 18.1 Å². The summed E-state index contributed by atoms with van der Waals surface area (Å²) in [4.78, 5) is 12.6. The Morgan fingerprint density at radius 3 is 2.89 bits per heavy atom. The van der Waals surface area contributed by atoms with E-state index in [9.17, 15) is 0 Å². The van der Waals surface area contributed by atoms with Gasteiger partial charge in [0.15, 0.2) is 5.82 Å². The molecule has 3 rings (SSSR count). The molecular weight excluding hydrogens is 224 g/mol. The van der Waals surface area contributed by atoms with E-state index in [-0.39, 0.29) is 0 Å². The van der Waals surface area contributed by atoms with E-state index in [0.717, 1.165) is 31.0 Å². The molecule has 1 aliphatic heterocycles. The number of fused-ring (bicyclic) bond motifs is 1. The molecule has 0 unspecified atom stereocenters. The molecule has 0 bridgehead atoms. The molecule has 94 valence electrons. The first-order valence-corrected chi connectivity index (χ1v) is 6.50. The third-order valence-corrected chi connectivity index (χ3v) is 3.35. The van der Waals surface area contributed by atoms with E-state index in [1.807, 2.05) is 18.3 Å². The fraction of sp³-hybridized carbons (Fsp3) is 0.429. The number of rotatable bonds is 2. The topological polar surface area (TPSA) is 53.6 Å². The highest BCUT2D eigenvalue weighted by molar-refractivity contribution is 5.51. The van der Waals surface area contributed by atoms with E-state index in [1.165, 1.54) is 17.0 Å². The van der Waals surface area contributed by atoms with Crippen molar-refractivity contribution in [3.63, 3.8) is 0 Å². The summed E-state index contributed by atoms with van der Waals surface area (Å²) < 4.78 is 0. The molecule has 18 heavy (non-hydrogen) atoms. The molecule has 2 N–H and O–H groups in total. The number of H-pyrrole nitrogens is 1. The first-order valence-electron chi connectivity index (χ1n) is 6.50. The molecule has 3 heterocycles. The first kappa shape index (κ1) is 11.4. The van der Waals surface area contributed by atoms with Gasteiger partial charge in [0.25, 0.3) is 0 Å². The lowest BCUT2D eigenvalue weighted by atomic mass is 9.98. The van der Waals surface area contributed by atoms with Crippen LogP contribution in [0.1, 0.15) is 36.7 Å². The van der Waals surface area contributed by atoms with Crippen LogP contribution in [0.4, 0.5) is 0 Å². The van der Waals surface area contributed by atoms with E-state index in [2.05, 4.69) is 24.1 Å². The minimum absolute atomic E-state index is 0.426. The van der Waals surface area contributed by atoms with Gasteiger partial charge in [0.1, 0.15) is 0 Å². The van der Waals surface area contributed by atoms with E-state index in [4.69, 9.17) is 9.97 Å². The fourth-order valence-corrected chi connectivity index (χ4v) is 2.44. The Kier molecular flexibility index (Phi) is 2.88. The van der Waals surface area contributed by atoms with Crippen molar-refractivity contribution in [2.75, 3.05) is 6.54 Å². The lowest BCUT2D eigenvalue weighted by molar-refractivity contribution is 0.609. The van der Waals surface area contributed by atoms with Crippen LogP contribution in [0.3, 0.4) is 0 Å². The summed E-state index contributed by atoms with van der Waals surface area (Å²) in [6.07, 6.45) is 2.90. The van der Waals surface area contributed by atoms with Gasteiger partial charge in [-0.2, -0.15) is 0 Å². The Morgan fingerprint density at radius 1 is 1.28 bits per heavy atom. The number of nitrogens with one attached hydrogen (secondary N) is 2. The van der Waals surface area contributed by atoms with Crippen molar-refractivity contribution in [1.29, 1.82) is 0 Å². The molecule has 0 aromatic carbocycles. The second-order valence-electron chi connectivity index (χ2n) is 5.02. The average molecular weight is 242 g/mol. The van der Waals surface area contributed by atoms with Crippen LogP contribution >= 0.6 is 0 Å². The third kappa shape index (κ3) is 1.93. The van der Waals surface area contributed by atoms with E-state index in [0.29, 0.717) is 5.92 Å². The van der Waals surface area contributed by atoms with Crippen molar-refractivity contribution in [3.05, 3.63) is 35.3 Å². The van der Waals surface area contributed by atoms with Crippen molar-refractivity contribution in [2.45, 2.75) is 32.7 Å². The Bertz CT molecular complexity index is 543. The van der Waals surface area contributed by atoms with Crippen LogP contribution in [0, 0.1) is 0 Å². The summed E-state index contributed by atoms with van der Waals surface area (Å²) in [5, 5.41) is 3.40. The maximum Gasteiger partial charge on any atom is 0.176 e. The molecule has 0 atom stereocenters. The molecule has 2 aromatic rings. The summed E-state index contributed by atoms with van der Waals surface area (Å²) in [7, 11) is 0. The fourth-order valence-electron chi connectivity index (χ4n) is 2.44. The van der Waals surface area contributed by atoms with Crippen LogP contribution in [-0.4, -0.2) is 21.5 Å². The summed E-state index contributed by atoms with van der Waals surface area (Å²) >= 11 is 0. The number of aromatic amines is 1. The summed E-state index contributed by atoms with van der Waals surface area (Å²) in [6, 6.07) is 4.00. The highest BCUT2D eigenvalue weighted by Gasteiger charge is 2.19. The Hall–Kier alpha value is -1.68. The van der Waals surface area contributed by atoms with Crippen LogP contribution < -0.4 is 5.32 Å². The minimum Gasteiger partial charge on any atom is -0.359 e. The van der Waals surface area contributed by atoms with Crippen LogP contribution in [0.5, 0.6) is 0 Å². The molecule has 0 saturated heterocycles. The maximum atomic E-state index is 4.75. The van der Waals surface area contributed by atoms with Gasteiger partial charge in [0.05, 0.1) is 17.1 Å². The van der Waals surface area contributed by atoms with Gasteiger partial charge in [-0.15, -0.1) is 0 Å². The summed E-state index contributed by atoms with van der Waals surface area (Å²) in [6.45, 7) is 6.28. The highest BCUT2D eigenvalue weighted by Crippen LogP contribution is 2.25. The van der Waals surface area contributed by atoms with Crippen LogP contribution in [0.25, 0.3) is 11.5 Å². The standard InChI is InChI=1S/C14H18N4/c1-9(2)13-10-8-15-7-5-11(10)17-14(18-13)12-4-3-6-16-12/h3-4,6,9,15-16H,5,7-8H2,1-2H3. The van der Waals surface area contributed by atoms with Crippen molar-refractivity contribution in [3.8, 4) is 11.5 Å². The SMILES string of the molecule is CC(C)c1nc(-c2ccc[nH]2)nc2c1CNCC2. The highest BCUT2D eigenvalue weighted by atomic mass is 15.0. The molecule has 0 radical (unpaired) electrons. The van der Waals surface area contributed by atoms with Crippen molar-refractivity contribution in [2.24, 2.45) is 0 Å². The Labute approximate surface area is 107 Å². The van der Waals surface area contributed by atoms with Crippen molar-refractivity contribution < 1.29 is 0 Å². The average Bonchev–Trinajstić information content (AvgIpc) is 2.91. The lowest BCUT2D eigenvalue weighted by Gasteiger charge is -2.21. The Balaban J connectivity index is 2.15. The zero-order chi connectivity index (χ0) is 12.5. The predicted octanol–water partition coefficient (Wildman–Crippen LogP) is 2.24. The van der Waals surface area contributed by atoms with E-state index >= 15 is 0 Å². The van der Waals surface area contributed by atoms with Gasteiger partial charge >= 0.3 is 0 Å². The van der Waals surface area contributed by atoms with Gasteiger partial charge in [-0.25, -0.2) is 9.97 Å². The summed E-state index contributed by atoms with van der Waals surface area (Å²) in [5.41, 5.74) is 4.68. The normalized spacial score (nSPS) is 14.8. The van der Waals surface area contributed by atoms with E-state index < -0.39 is 0 Å². The second-order valence-corrected chi connectivity index (χ2v) is 5.02. The molecule has 1 aliphatic rings. The van der Waals surface area contributed by atoms with Crippen LogP contribution in [-0.2, 0) is 13.0 Å². The molecule has 0 spiro atoms. The van der Waals surface area contributed by atoms with Crippen LogP contribution in [0.15, 0.2) is 18.3 Å². The second kappa shape index (κ2) is 4.53. The zero-order valence-corrected chi connectivity index (χ0v) is 10.8. The third-order valence-electron chi connectivity index (χ3n) is 3.35. The van der Waals surface area contributed by atoms with Gasteiger partial charge in [-0.1, -0.05) is 13.8 Å². The van der Waals surface area contributed by atoms with Gasteiger partial charge in [0.2, 0.25) is 0 Å². The monoisotopic (exact) mass is 242 g/mol.